The Labute approximate surface area is 71.5 Å². The molecular weight excluding hydrogens is 174 g/mol. The van der Waals surface area contributed by atoms with Gasteiger partial charge in [0.15, 0.2) is 0 Å². The summed E-state index contributed by atoms with van der Waals surface area (Å²) >= 11 is 0. The van der Waals surface area contributed by atoms with Crippen molar-refractivity contribution in [3.8, 4) is 0 Å². The van der Waals surface area contributed by atoms with E-state index < -0.39 is 10.0 Å². The minimum atomic E-state index is -3.20. The van der Waals surface area contributed by atoms with Gasteiger partial charge in [-0.25, -0.2) is 13.1 Å². The van der Waals surface area contributed by atoms with Crippen LogP contribution in [0, 0.1) is 0 Å². The van der Waals surface area contributed by atoms with Gasteiger partial charge in [0.1, 0.15) is 0 Å². The van der Waals surface area contributed by atoms with E-state index in [0.717, 1.165) is 5.56 Å². The van der Waals surface area contributed by atoms with Crippen molar-refractivity contribution in [2.45, 2.75) is 17.9 Å². The predicted molar refractivity (Wildman–Crippen MR) is 45.2 cm³/mol. The van der Waals surface area contributed by atoms with Gasteiger partial charge in [-0.2, -0.15) is 0 Å². The van der Waals surface area contributed by atoms with Crippen molar-refractivity contribution < 1.29 is 8.42 Å². The zero-order valence-corrected chi connectivity index (χ0v) is 7.43. The van der Waals surface area contributed by atoms with E-state index in [2.05, 4.69) is 4.72 Å². The van der Waals surface area contributed by atoms with Crippen LogP contribution in [-0.4, -0.2) is 8.42 Å². The highest BCUT2D eigenvalue weighted by Gasteiger charge is 2.30. The predicted octanol–water partition coefficient (Wildman–Crippen LogP) is 1.04. The van der Waals surface area contributed by atoms with Crippen LogP contribution in [0.2, 0.25) is 0 Å². The van der Waals surface area contributed by atoms with Gasteiger partial charge in [-0.3, -0.25) is 0 Å². The quantitative estimate of drug-likeness (QED) is 0.653. The van der Waals surface area contributed by atoms with E-state index in [9.17, 15) is 8.42 Å². The third-order valence-electron chi connectivity index (χ3n) is 2.01. The molecule has 1 unspecified atom stereocenters. The maximum absolute atomic E-state index is 11.4. The van der Waals surface area contributed by atoms with Gasteiger partial charge in [-0.05, 0) is 18.6 Å². The van der Waals surface area contributed by atoms with Crippen LogP contribution < -0.4 is 4.72 Å². The summed E-state index contributed by atoms with van der Waals surface area (Å²) in [5.74, 6) is 0. The Morgan fingerprint density at radius 2 is 2.00 bits per heavy atom. The van der Waals surface area contributed by atoms with E-state index in [1.807, 2.05) is 19.1 Å². The van der Waals surface area contributed by atoms with Crippen LogP contribution in [0.25, 0.3) is 0 Å². The average molecular weight is 183 g/mol. The number of benzene rings is 1. The number of hydrogen-bond donors (Lipinski definition) is 1. The molecule has 0 radical (unpaired) electrons. The van der Waals surface area contributed by atoms with Gasteiger partial charge in [0.05, 0.1) is 4.90 Å². The van der Waals surface area contributed by atoms with Crippen molar-refractivity contribution in [3.63, 3.8) is 0 Å². The van der Waals surface area contributed by atoms with E-state index in [1.165, 1.54) is 0 Å². The smallest absolute Gasteiger partial charge is 0.207 e. The van der Waals surface area contributed by atoms with Gasteiger partial charge in [-0.15, -0.1) is 0 Å². The van der Waals surface area contributed by atoms with Crippen LogP contribution in [0.15, 0.2) is 29.2 Å². The Kier molecular flexibility index (Phi) is 1.49. The van der Waals surface area contributed by atoms with Gasteiger partial charge in [0, 0.05) is 6.04 Å². The molecule has 0 amide bonds. The fraction of sp³-hybridized carbons (Fsp3) is 0.250. The van der Waals surface area contributed by atoms with Crippen molar-refractivity contribution in [1.29, 1.82) is 0 Å². The topological polar surface area (TPSA) is 46.2 Å². The summed E-state index contributed by atoms with van der Waals surface area (Å²) in [5.41, 5.74) is 0.859. The highest BCUT2D eigenvalue weighted by molar-refractivity contribution is 7.89. The molecule has 1 aromatic carbocycles. The number of fused-ring (bicyclic) bond motifs is 1. The lowest BCUT2D eigenvalue weighted by Crippen LogP contribution is -2.17. The highest BCUT2D eigenvalue weighted by atomic mass is 32.2. The molecule has 12 heavy (non-hydrogen) atoms. The summed E-state index contributed by atoms with van der Waals surface area (Å²) < 4.78 is 25.2. The largest absolute Gasteiger partial charge is 0.241 e. The zero-order valence-electron chi connectivity index (χ0n) is 6.61. The number of nitrogens with one attached hydrogen (secondary N) is 1. The molecule has 4 heteroatoms. The molecule has 1 heterocycles. The maximum Gasteiger partial charge on any atom is 0.241 e. The third-order valence-corrected chi connectivity index (χ3v) is 3.62. The molecule has 0 aliphatic carbocycles. The second kappa shape index (κ2) is 2.31. The Morgan fingerprint density at radius 1 is 1.33 bits per heavy atom. The average Bonchev–Trinajstić information content (AvgIpc) is 2.25. The lowest BCUT2D eigenvalue weighted by atomic mass is 10.1. The lowest BCUT2D eigenvalue weighted by Gasteiger charge is -1.99. The molecule has 1 aliphatic rings. The van der Waals surface area contributed by atoms with Crippen molar-refractivity contribution in [2.75, 3.05) is 0 Å². The Balaban J connectivity index is 2.74. The summed E-state index contributed by atoms with van der Waals surface area (Å²) in [4.78, 5) is 0.414. The number of rotatable bonds is 0. The first-order valence-electron chi connectivity index (χ1n) is 3.72. The Bertz CT molecular complexity index is 411. The molecule has 0 saturated carbocycles. The molecule has 1 aromatic rings. The van der Waals surface area contributed by atoms with Crippen LogP contribution in [0.5, 0.6) is 0 Å². The molecule has 64 valence electrons. The number of sulfonamides is 1. The Hall–Kier alpha value is -0.870. The molecule has 2 rings (SSSR count). The second-order valence-electron chi connectivity index (χ2n) is 2.88. The van der Waals surface area contributed by atoms with Gasteiger partial charge in [0.2, 0.25) is 10.0 Å². The summed E-state index contributed by atoms with van der Waals surface area (Å²) in [7, 11) is -3.20. The molecule has 0 bridgehead atoms. The summed E-state index contributed by atoms with van der Waals surface area (Å²) in [5, 5.41) is 0. The minimum Gasteiger partial charge on any atom is -0.207 e. The monoisotopic (exact) mass is 183 g/mol. The van der Waals surface area contributed by atoms with Gasteiger partial charge < -0.3 is 0 Å². The van der Waals surface area contributed by atoms with Crippen molar-refractivity contribution in [2.24, 2.45) is 0 Å². The van der Waals surface area contributed by atoms with Crippen LogP contribution in [0.1, 0.15) is 18.5 Å². The standard InChI is InChI=1S/C8H9NO2S/c1-6-7-4-2-3-5-8(7)12(10,11)9-6/h2-6,9H,1H3. The Morgan fingerprint density at radius 3 is 2.67 bits per heavy atom. The molecule has 1 N–H and O–H groups in total. The van der Waals surface area contributed by atoms with Crippen LogP contribution in [0.4, 0.5) is 0 Å². The SMILES string of the molecule is CC1NS(=O)(=O)c2ccccc21. The zero-order chi connectivity index (χ0) is 8.77. The summed E-state index contributed by atoms with van der Waals surface area (Å²) in [6.45, 7) is 1.84. The normalized spacial score (nSPS) is 25.2. The molecule has 1 atom stereocenters. The van der Waals surface area contributed by atoms with E-state index >= 15 is 0 Å². The minimum absolute atomic E-state index is 0.0915. The summed E-state index contributed by atoms with van der Waals surface area (Å²) in [6.07, 6.45) is 0. The maximum atomic E-state index is 11.4. The third kappa shape index (κ3) is 0.956. The van der Waals surface area contributed by atoms with E-state index in [4.69, 9.17) is 0 Å². The first kappa shape index (κ1) is 7.76. The van der Waals surface area contributed by atoms with Crippen molar-refractivity contribution >= 4 is 10.0 Å². The molecule has 0 saturated heterocycles. The molecule has 0 spiro atoms. The second-order valence-corrected chi connectivity index (χ2v) is 4.56. The van der Waals surface area contributed by atoms with Crippen LogP contribution in [0.3, 0.4) is 0 Å². The molecule has 1 aliphatic heterocycles. The first-order chi connectivity index (χ1) is 5.61. The molecule has 0 aromatic heterocycles. The van der Waals surface area contributed by atoms with Crippen molar-refractivity contribution in [3.05, 3.63) is 29.8 Å². The number of hydrogen-bond acceptors (Lipinski definition) is 2. The lowest BCUT2D eigenvalue weighted by molar-refractivity contribution is 0.582. The fourth-order valence-corrected chi connectivity index (χ4v) is 2.97. The van der Waals surface area contributed by atoms with Gasteiger partial charge in [-0.1, -0.05) is 18.2 Å². The van der Waals surface area contributed by atoms with E-state index in [0.29, 0.717) is 4.90 Å². The first-order valence-corrected chi connectivity index (χ1v) is 5.21. The van der Waals surface area contributed by atoms with Gasteiger partial charge >= 0.3 is 0 Å². The van der Waals surface area contributed by atoms with Crippen molar-refractivity contribution in [1.82, 2.24) is 4.72 Å². The highest BCUT2D eigenvalue weighted by Crippen LogP contribution is 2.29. The molecular formula is C8H9NO2S. The summed E-state index contributed by atoms with van der Waals surface area (Å²) in [6, 6.07) is 6.94. The van der Waals surface area contributed by atoms with E-state index in [-0.39, 0.29) is 6.04 Å². The van der Waals surface area contributed by atoms with Gasteiger partial charge in [0.25, 0.3) is 0 Å². The fourth-order valence-electron chi connectivity index (χ4n) is 1.44. The van der Waals surface area contributed by atoms with Crippen LogP contribution in [-0.2, 0) is 10.0 Å². The van der Waals surface area contributed by atoms with Crippen LogP contribution >= 0.6 is 0 Å². The molecule has 3 nitrogen and oxygen atoms in total. The van der Waals surface area contributed by atoms with E-state index in [1.54, 1.807) is 12.1 Å². The molecule has 0 fully saturated rings.